The van der Waals surface area contributed by atoms with Crippen LogP contribution in [-0.4, -0.2) is 37.9 Å². The standard InChI is InChI=1S/C17H25NO5/c1-17(2,3)23-16(20)18-13(11-15(19)22-5)10-12-6-8-14(21-4)9-7-12/h6-9,13H,10-11H2,1-5H3,(H,18,20)/t13-/m0/s1. The van der Waals surface area contributed by atoms with Gasteiger partial charge in [-0.3, -0.25) is 4.79 Å². The Morgan fingerprint density at radius 3 is 2.22 bits per heavy atom. The fraction of sp³-hybridized carbons (Fsp3) is 0.529. The molecule has 0 aliphatic rings. The minimum Gasteiger partial charge on any atom is -0.497 e. The maximum Gasteiger partial charge on any atom is 0.407 e. The number of ether oxygens (including phenoxy) is 3. The zero-order valence-electron chi connectivity index (χ0n) is 14.3. The van der Waals surface area contributed by atoms with E-state index in [0.29, 0.717) is 6.42 Å². The van der Waals surface area contributed by atoms with Crippen LogP contribution in [0.15, 0.2) is 24.3 Å². The van der Waals surface area contributed by atoms with Gasteiger partial charge in [-0.2, -0.15) is 0 Å². The van der Waals surface area contributed by atoms with E-state index in [9.17, 15) is 9.59 Å². The second-order valence-corrected chi connectivity index (χ2v) is 6.18. The highest BCUT2D eigenvalue weighted by Gasteiger charge is 2.22. The van der Waals surface area contributed by atoms with Crippen LogP contribution in [0.25, 0.3) is 0 Å². The summed E-state index contributed by atoms with van der Waals surface area (Å²) in [7, 11) is 2.92. The smallest absolute Gasteiger partial charge is 0.407 e. The topological polar surface area (TPSA) is 73.9 Å². The number of amides is 1. The predicted octanol–water partition coefficient (Wildman–Crippen LogP) is 2.69. The first-order valence-corrected chi connectivity index (χ1v) is 7.42. The van der Waals surface area contributed by atoms with E-state index in [2.05, 4.69) is 10.1 Å². The summed E-state index contributed by atoms with van der Waals surface area (Å²) in [5.74, 6) is 0.359. The Hall–Kier alpha value is -2.24. The van der Waals surface area contributed by atoms with E-state index in [0.717, 1.165) is 11.3 Å². The number of benzene rings is 1. The van der Waals surface area contributed by atoms with Crippen molar-refractivity contribution in [2.75, 3.05) is 14.2 Å². The molecule has 0 unspecified atom stereocenters. The van der Waals surface area contributed by atoms with Crippen LogP contribution in [0.1, 0.15) is 32.8 Å². The van der Waals surface area contributed by atoms with Crippen molar-refractivity contribution in [3.63, 3.8) is 0 Å². The van der Waals surface area contributed by atoms with Gasteiger partial charge in [0.1, 0.15) is 11.4 Å². The lowest BCUT2D eigenvalue weighted by Gasteiger charge is -2.23. The molecule has 23 heavy (non-hydrogen) atoms. The van der Waals surface area contributed by atoms with Gasteiger partial charge in [-0.15, -0.1) is 0 Å². The van der Waals surface area contributed by atoms with E-state index < -0.39 is 17.7 Å². The van der Waals surface area contributed by atoms with Crippen LogP contribution in [-0.2, 0) is 20.7 Å². The minimum atomic E-state index is -0.597. The van der Waals surface area contributed by atoms with Crippen molar-refractivity contribution in [1.29, 1.82) is 0 Å². The van der Waals surface area contributed by atoms with E-state index in [-0.39, 0.29) is 12.4 Å². The molecule has 6 nitrogen and oxygen atoms in total. The molecule has 128 valence electrons. The maximum atomic E-state index is 11.9. The zero-order chi connectivity index (χ0) is 17.5. The van der Waals surface area contributed by atoms with Gasteiger partial charge in [0.25, 0.3) is 0 Å². The van der Waals surface area contributed by atoms with Crippen molar-refractivity contribution in [3.05, 3.63) is 29.8 Å². The van der Waals surface area contributed by atoms with E-state index in [1.807, 2.05) is 24.3 Å². The Kier molecular flexibility index (Phi) is 6.88. The number of carbonyl (C=O) groups excluding carboxylic acids is 2. The van der Waals surface area contributed by atoms with E-state index >= 15 is 0 Å². The lowest BCUT2D eigenvalue weighted by molar-refractivity contribution is -0.141. The number of rotatable bonds is 6. The number of nitrogens with one attached hydrogen (secondary N) is 1. The Morgan fingerprint density at radius 2 is 1.74 bits per heavy atom. The fourth-order valence-corrected chi connectivity index (χ4v) is 1.98. The lowest BCUT2D eigenvalue weighted by atomic mass is 10.0. The summed E-state index contributed by atoms with van der Waals surface area (Å²) >= 11 is 0. The van der Waals surface area contributed by atoms with Gasteiger partial charge in [-0.25, -0.2) is 4.79 Å². The first-order valence-electron chi connectivity index (χ1n) is 7.42. The van der Waals surface area contributed by atoms with Crippen molar-refractivity contribution >= 4 is 12.1 Å². The van der Waals surface area contributed by atoms with Crippen LogP contribution in [0.3, 0.4) is 0 Å². The SMILES string of the molecule is COC(=O)C[C@H](Cc1ccc(OC)cc1)NC(=O)OC(C)(C)C. The fourth-order valence-electron chi connectivity index (χ4n) is 1.98. The molecule has 1 atom stereocenters. The molecule has 1 aromatic rings. The Labute approximate surface area is 137 Å². The number of alkyl carbamates (subject to hydrolysis) is 1. The van der Waals surface area contributed by atoms with Crippen LogP contribution in [0, 0.1) is 0 Å². The quantitative estimate of drug-likeness (QED) is 0.815. The molecule has 1 aromatic carbocycles. The van der Waals surface area contributed by atoms with Crippen LogP contribution < -0.4 is 10.1 Å². The first kappa shape index (κ1) is 18.8. The number of hydrogen-bond acceptors (Lipinski definition) is 5. The highest BCUT2D eigenvalue weighted by atomic mass is 16.6. The normalized spacial score (nSPS) is 12.2. The lowest BCUT2D eigenvalue weighted by Crippen LogP contribution is -2.41. The monoisotopic (exact) mass is 323 g/mol. The van der Waals surface area contributed by atoms with E-state index in [1.54, 1.807) is 27.9 Å². The second-order valence-electron chi connectivity index (χ2n) is 6.18. The van der Waals surface area contributed by atoms with Crippen molar-refractivity contribution in [2.24, 2.45) is 0 Å². The Bertz CT molecular complexity index is 519. The first-order chi connectivity index (χ1) is 10.7. The average molecular weight is 323 g/mol. The molecule has 1 rings (SSSR count). The highest BCUT2D eigenvalue weighted by molar-refractivity contribution is 5.72. The van der Waals surface area contributed by atoms with Gasteiger partial charge in [0.2, 0.25) is 0 Å². The van der Waals surface area contributed by atoms with Gasteiger partial charge in [0.15, 0.2) is 0 Å². The van der Waals surface area contributed by atoms with Crippen LogP contribution >= 0.6 is 0 Å². The van der Waals surface area contributed by atoms with Gasteiger partial charge in [-0.05, 0) is 44.9 Å². The third kappa shape index (κ3) is 7.54. The van der Waals surface area contributed by atoms with Crippen LogP contribution in [0.4, 0.5) is 4.79 Å². The molecule has 0 aliphatic heterocycles. The maximum absolute atomic E-state index is 11.9. The molecule has 0 radical (unpaired) electrons. The molecule has 0 aliphatic carbocycles. The van der Waals surface area contributed by atoms with Crippen LogP contribution in [0.2, 0.25) is 0 Å². The third-order valence-electron chi connectivity index (χ3n) is 3.00. The molecule has 0 spiro atoms. The largest absolute Gasteiger partial charge is 0.497 e. The van der Waals surface area contributed by atoms with Crippen molar-refractivity contribution in [2.45, 2.75) is 45.3 Å². The van der Waals surface area contributed by atoms with Crippen LogP contribution in [0.5, 0.6) is 5.75 Å². The highest BCUT2D eigenvalue weighted by Crippen LogP contribution is 2.14. The number of carbonyl (C=O) groups is 2. The molecule has 0 fully saturated rings. The second kappa shape index (κ2) is 8.41. The number of methoxy groups -OCH3 is 2. The molecule has 1 amide bonds. The summed E-state index contributed by atoms with van der Waals surface area (Å²) in [6.45, 7) is 5.35. The molecule has 0 heterocycles. The van der Waals surface area contributed by atoms with Gasteiger partial charge in [-0.1, -0.05) is 12.1 Å². The average Bonchev–Trinajstić information content (AvgIpc) is 2.45. The Morgan fingerprint density at radius 1 is 1.13 bits per heavy atom. The summed E-state index contributed by atoms with van der Waals surface area (Å²) in [5, 5.41) is 2.72. The van der Waals surface area contributed by atoms with Gasteiger partial charge < -0.3 is 19.5 Å². The molecular formula is C17H25NO5. The van der Waals surface area contributed by atoms with Gasteiger partial charge in [0, 0.05) is 6.04 Å². The van der Waals surface area contributed by atoms with Crippen molar-refractivity contribution in [3.8, 4) is 5.75 Å². The summed E-state index contributed by atoms with van der Waals surface area (Å²) in [4.78, 5) is 23.5. The molecule has 0 saturated carbocycles. The number of hydrogen-bond donors (Lipinski definition) is 1. The summed E-state index contributed by atoms with van der Waals surface area (Å²) < 4.78 is 15.0. The minimum absolute atomic E-state index is 0.0712. The van der Waals surface area contributed by atoms with Gasteiger partial charge >= 0.3 is 12.1 Å². The predicted molar refractivity (Wildman–Crippen MR) is 86.5 cm³/mol. The zero-order valence-corrected chi connectivity index (χ0v) is 14.3. The summed E-state index contributed by atoms with van der Waals surface area (Å²) in [5.41, 5.74) is 0.371. The Balaban J connectivity index is 2.74. The molecule has 0 bridgehead atoms. The summed E-state index contributed by atoms with van der Waals surface area (Å²) in [6.07, 6.45) is 0.0000294. The molecule has 0 aromatic heterocycles. The summed E-state index contributed by atoms with van der Waals surface area (Å²) in [6, 6.07) is 7.03. The van der Waals surface area contributed by atoms with Crippen molar-refractivity contribution < 1.29 is 23.8 Å². The third-order valence-corrected chi connectivity index (χ3v) is 3.00. The molecule has 6 heteroatoms. The van der Waals surface area contributed by atoms with E-state index in [4.69, 9.17) is 9.47 Å². The van der Waals surface area contributed by atoms with E-state index in [1.165, 1.54) is 7.11 Å². The number of esters is 1. The molecule has 1 N–H and O–H groups in total. The van der Waals surface area contributed by atoms with Crippen molar-refractivity contribution in [1.82, 2.24) is 5.32 Å². The van der Waals surface area contributed by atoms with Gasteiger partial charge in [0.05, 0.1) is 20.6 Å². The molecular weight excluding hydrogens is 298 g/mol. The molecule has 0 saturated heterocycles.